The molecule has 2 saturated carbocycles. The molecule has 6 aromatic rings. The summed E-state index contributed by atoms with van der Waals surface area (Å²) in [5.74, 6) is 8.20. The number of hydrogen-bond acceptors (Lipinski definition) is 26. The summed E-state index contributed by atoms with van der Waals surface area (Å²) in [6.07, 6.45) is 9.95. The third kappa shape index (κ3) is 21.5. The number of rotatable bonds is 23. The van der Waals surface area contributed by atoms with Crippen LogP contribution in [0.1, 0.15) is 81.6 Å². The Balaban J connectivity index is 0.000000153. The number of piperidine rings is 2. The number of nitrogens with one attached hydrogen (secondary N) is 1. The summed E-state index contributed by atoms with van der Waals surface area (Å²) in [4.78, 5) is 44.7. The summed E-state index contributed by atoms with van der Waals surface area (Å²) in [7, 11) is 3.18. The fraction of sp³-hybridized carbons (Fsp3) is 0.586. The number of alkyl halides is 1. The normalized spacial score (nSPS) is 24.4. The van der Waals surface area contributed by atoms with Crippen LogP contribution in [0.5, 0.6) is 11.8 Å². The standard InChI is InChI=1S/2C24H25ClFN5O3.C8H14O4.C6H12N2O3.C4H7BrO2.C4H8O2/c2*1-32-22-5-3-17(10-27-22)31-21(13-34-18-6-7-33-12-18)28-29-23(31)30-11-15-9-24(15,14-30)19-4-2-16(26)8-20(19)25;1-2-11-8(9)6-12-7-3-4-10-5-7;7-8-6(9)4-11-5-1-2-10-3-5;1-2-7-4(6)3-5;5-4-1-2-6-3-4/h2*2-5,8,10,15,18H,6-7,9,11-14H2,1H3;7H,2-6H2,1H3;5H,1-4,7H2,(H,8,9);2-3H2,1H3;4-5H,1-3H2/t2*15-,18-,24-;7-;5-;;4-/m0000.0/s1. The lowest BCUT2D eigenvalue weighted by molar-refractivity contribution is -0.150. The number of hydrazine groups is 1. The molecule has 0 radical (unpaired) electrons. The van der Waals surface area contributed by atoms with Gasteiger partial charge in [0.05, 0.1) is 115 Å². The van der Waals surface area contributed by atoms with Crippen molar-refractivity contribution in [2.45, 2.75) is 113 Å². The predicted molar refractivity (Wildman–Crippen MR) is 377 cm³/mol. The maximum absolute atomic E-state index is 13.6. The molecule has 11 heterocycles. The van der Waals surface area contributed by atoms with Crippen molar-refractivity contribution >= 4 is 68.9 Å². The molecule has 104 heavy (non-hydrogen) atoms. The van der Waals surface area contributed by atoms with Gasteiger partial charge in [0.25, 0.3) is 5.91 Å². The Morgan fingerprint density at radius 2 is 1.02 bits per heavy atom. The first-order chi connectivity index (χ1) is 50.5. The van der Waals surface area contributed by atoms with E-state index in [4.69, 9.17) is 91.0 Å². The van der Waals surface area contributed by atoms with Crippen molar-refractivity contribution in [3.8, 4) is 23.1 Å². The maximum Gasteiger partial charge on any atom is 0.332 e. The number of halogens is 5. The van der Waals surface area contributed by atoms with Gasteiger partial charge in [0.2, 0.25) is 23.7 Å². The lowest BCUT2D eigenvalue weighted by atomic mass is 9.95. The number of fused-ring (bicyclic) bond motifs is 2. The molecule has 29 nitrogen and oxygen atoms in total. The molecular weight excluding hydrogens is 1470 g/mol. The summed E-state index contributed by atoms with van der Waals surface area (Å²) in [6, 6.07) is 16.9. The lowest BCUT2D eigenvalue weighted by Gasteiger charge is -2.23. The van der Waals surface area contributed by atoms with Crippen LogP contribution in [-0.4, -0.2) is 231 Å². The number of aromatic nitrogens is 8. The Kier molecular flexibility index (Phi) is 30.0. The Morgan fingerprint density at radius 1 is 0.596 bits per heavy atom. The molecule has 2 aliphatic carbocycles. The Bertz CT molecular complexity index is 3510. The number of carbonyl (C=O) groups is 3. The molecule has 9 fully saturated rings. The van der Waals surface area contributed by atoms with Gasteiger partial charge in [-0.3, -0.25) is 24.1 Å². The van der Waals surface area contributed by atoms with Gasteiger partial charge in [0, 0.05) is 92.2 Å². The van der Waals surface area contributed by atoms with Crippen LogP contribution in [0.4, 0.5) is 20.7 Å². The lowest BCUT2D eigenvalue weighted by Crippen LogP contribution is -2.34. The number of aliphatic hydroxyl groups is 1. The number of hydrogen-bond donors (Lipinski definition) is 3. The average Bonchev–Trinajstić information content (AvgIpc) is 1.54. The fourth-order valence-electron chi connectivity index (χ4n) is 13.2. The van der Waals surface area contributed by atoms with Gasteiger partial charge in [0.15, 0.2) is 11.6 Å². The number of aliphatic hydroxyl groups excluding tert-OH is 1. The Labute approximate surface area is 620 Å². The monoisotopic (exact) mass is 1560 g/mol. The molecule has 4 N–H and O–H groups in total. The van der Waals surface area contributed by atoms with E-state index in [1.165, 1.54) is 24.3 Å². The first-order valence-electron chi connectivity index (χ1n) is 34.7. The van der Waals surface area contributed by atoms with E-state index in [0.717, 1.165) is 125 Å². The number of pyridine rings is 2. The van der Waals surface area contributed by atoms with Crippen molar-refractivity contribution < 1.29 is 89.9 Å². The number of methoxy groups -OCH3 is 2. The number of nitrogens with two attached hydrogens (primary N) is 1. The maximum atomic E-state index is 13.6. The second-order valence-electron chi connectivity index (χ2n) is 25.8. The molecule has 568 valence electrons. The third-order valence-electron chi connectivity index (χ3n) is 18.7. The number of benzene rings is 2. The van der Waals surface area contributed by atoms with Crippen molar-refractivity contribution in [2.24, 2.45) is 17.7 Å². The van der Waals surface area contributed by atoms with E-state index in [0.29, 0.717) is 123 Å². The SMILES string of the molecule is CCOC(=O)CBr.CCOC(=O)CO[C@H]1CCOC1.COc1ccc(-n2c(CO[C@H]3CCOC3)nnc2N2C[C@@H]3C[C@]3(c3ccc(F)cc3Cl)C2)cn1.COc1ccc(-n2c(CO[C@H]3CCOC3)nnc2N2C[C@@H]3C[C@]3(c3ccc(F)cc3Cl)C2)cn1.NNC(=O)CO[C@H]1CCOC1.O[C@H]1CCOC1. The van der Waals surface area contributed by atoms with Gasteiger partial charge < -0.3 is 76.5 Å². The molecule has 4 aromatic heterocycles. The highest BCUT2D eigenvalue weighted by molar-refractivity contribution is 9.09. The summed E-state index contributed by atoms with van der Waals surface area (Å²) in [5, 5.41) is 27.9. The number of ether oxygens (including phenoxy) is 13. The van der Waals surface area contributed by atoms with Gasteiger partial charge in [0.1, 0.15) is 43.4 Å². The molecule has 0 bridgehead atoms. The van der Waals surface area contributed by atoms with Crippen LogP contribution in [0.15, 0.2) is 73.1 Å². The summed E-state index contributed by atoms with van der Waals surface area (Å²) >= 11 is 15.8. The van der Waals surface area contributed by atoms with Gasteiger partial charge in [-0.2, -0.15) is 0 Å². The van der Waals surface area contributed by atoms with Crippen LogP contribution in [0.25, 0.3) is 11.4 Å². The average molecular weight is 1560 g/mol. The zero-order valence-electron chi connectivity index (χ0n) is 58.7. The van der Waals surface area contributed by atoms with E-state index >= 15 is 0 Å². The van der Waals surface area contributed by atoms with Gasteiger partial charge >= 0.3 is 11.9 Å². The smallest absolute Gasteiger partial charge is 0.332 e. The van der Waals surface area contributed by atoms with E-state index in [-0.39, 0.29) is 84.0 Å². The molecule has 7 saturated heterocycles. The van der Waals surface area contributed by atoms with Gasteiger partial charge in [-0.15, -0.1) is 20.4 Å². The van der Waals surface area contributed by atoms with Gasteiger partial charge in [-0.05, 0) is 118 Å². The van der Waals surface area contributed by atoms with Gasteiger partial charge in [-0.25, -0.2) is 29.4 Å². The second kappa shape index (κ2) is 39.1. The zero-order valence-corrected chi connectivity index (χ0v) is 61.8. The van der Waals surface area contributed by atoms with E-state index in [1.807, 2.05) is 51.0 Å². The highest BCUT2D eigenvalue weighted by atomic mass is 79.9. The first-order valence-corrected chi connectivity index (χ1v) is 36.6. The van der Waals surface area contributed by atoms with Gasteiger partial charge in [-0.1, -0.05) is 51.3 Å². The Hall–Kier alpha value is -6.89. The van der Waals surface area contributed by atoms with Crippen LogP contribution >= 0.6 is 39.1 Å². The van der Waals surface area contributed by atoms with Crippen molar-refractivity contribution in [1.29, 1.82) is 0 Å². The number of anilines is 2. The molecule has 2 aromatic carbocycles. The molecule has 1 amide bonds. The highest BCUT2D eigenvalue weighted by Gasteiger charge is 2.63. The van der Waals surface area contributed by atoms with Crippen LogP contribution in [-0.2, 0) is 90.5 Å². The summed E-state index contributed by atoms with van der Waals surface area (Å²) < 4.78 is 99.2. The predicted octanol–water partition coefficient (Wildman–Crippen LogP) is 6.94. The first kappa shape index (κ1) is 79.7. The van der Waals surface area contributed by atoms with Crippen LogP contribution in [0, 0.1) is 23.5 Å². The molecule has 15 rings (SSSR count). The van der Waals surface area contributed by atoms with E-state index < -0.39 is 0 Å². The third-order valence-corrected chi connectivity index (χ3v) is 19.8. The summed E-state index contributed by atoms with van der Waals surface area (Å²) in [6.45, 7) is 14.8. The Morgan fingerprint density at radius 3 is 1.36 bits per heavy atom. The molecule has 0 unspecified atom stereocenters. The molecule has 0 spiro atoms. The number of carbonyl (C=O) groups excluding carboxylic acids is 3. The number of esters is 2. The molecular formula is C70H91BrCl2F2N12O17. The van der Waals surface area contributed by atoms with E-state index in [9.17, 15) is 23.2 Å². The number of nitrogens with zero attached hydrogens (tertiary/aromatic N) is 10. The molecule has 7 aliphatic heterocycles. The zero-order chi connectivity index (χ0) is 73.6. The topological polar surface area (TPSA) is 323 Å². The van der Waals surface area contributed by atoms with Crippen LogP contribution < -0.4 is 30.5 Å². The minimum absolute atomic E-state index is 0.0184. The van der Waals surface area contributed by atoms with Crippen LogP contribution in [0.3, 0.4) is 0 Å². The second-order valence-corrected chi connectivity index (χ2v) is 27.1. The van der Waals surface area contributed by atoms with E-state index in [1.54, 1.807) is 40.5 Å². The fourth-order valence-corrected chi connectivity index (χ4v) is 14.1. The molecule has 34 heteroatoms. The van der Waals surface area contributed by atoms with Crippen molar-refractivity contribution in [1.82, 2.24) is 44.9 Å². The molecule has 9 aliphatic rings. The van der Waals surface area contributed by atoms with Crippen LogP contribution in [0.2, 0.25) is 10.0 Å². The minimum atomic E-state index is -0.318. The number of amides is 1. The minimum Gasteiger partial charge on any atom is -0.481 e. The molecule has 9 atom stereocenters. The highest BCUT2D eigenvalue weighted by Crippen LogP contribution is 2.62. The summed E-state index contributed by atoms with van der Waals surface area (Å²) in [5.41, 5.74) is 5.48. The van der Waals surface area contributed by atoms with E-state index in [2.05, 4.69) is 60.8 Å². The van der Waals surface area contributed by atoms with Crippen molar-refractivity contribution in [3.05, 3.63) is 118 Å². The quantitative estimate of drug-likeness (QED) is 0.0192. The largest absolute Gasteiger partial charge is 0.481 e. The van der Waals surface area contributed by atoms with Crippen molar-refractivity contribution in [3.63, 3.8) is 0 Å². The van der Waals surface area contributed by atoms with Crippen molar-refractivity contribution in [2.75, 3.05) is 148 Å².